The second-order valence-electron chi connectivity index (χ2n) is 4.40. The van der Waals surface area contributed by atoms with E-state index >= 15 is 0 Å². The number of hydrogen-bond acceptors (Lipinski definition) is 3. The highest BCUT2D eigenvalue weighted by atomic mass is 16.4. The summed E-state index contributed by atoms with van der Waals surface area (Å²) in [7, 11) is 1.58. The van der Waals surface area contributed by atoms with Gasteiger partial charge in [0.2, 0.25) is 0 Å². The van der Waals surface area contributed by atoms with E-state index in [0.717, 1.165) is 5.56 Å². The standard InChI is InChI=1S/C14H14N2O3/c1-8-4-3-5-10(12(8)15)13(17)9-6-11(14(18)19)16(2)7-9/h3-7H,15H2,1-2H3,(H,18,19). The first-order valence-corrected chi connectivity index (χ1v) is 5.71. The molecule has 5 heteroatoms. The number of carbonyl (C=O) groups is 2. The number of rotatable bonds is 3. The Morgan fingerprint density at radius 3 is 2.58 bits per heavy atom. The lowest BCUT2D eigenvalue weighted by molar-refractivity contribution is 0.0686. The molecule has 1 aromatic heterocycles. The molecule has 2 aromatic rings. The van der Waals surface area contributed by atoms with Crippen molar-refractivity contribution in [1.82, 2.24) is 4.57 Å². The maximum Gasteiger partial charge on any atom is 0.352 e. The van der Waals surface area contributed by atoms with E-state index in [1.807, 2.05) is 13.0 Å². The zero-order valence-corrected chi connectivity index (χ0v) is 10.7. The largest absolute Gasteiger partial charge is 0.477 e. The summed E-state index contributed by atoms with van der Waals surface area (Å²) in [6.07, 6.45) is 1.49. The molecule has 0 aliphatic rings. The van der Waals surface area contributed by atoms with E-state index in [1.165, 1.54) is 16.8 Å². The molecule has 0 fully saturated rings. The van der Waals surface area contributed by atoms with Gasteiger partial charge in [-0.25, -0.2) is 4.79 Å². The Kier molecular flexibility index (Phi) is 3.12. The van der Waals surface area contributed by atoms with Crippen LogP contribution in [-0.4, -0.2) is 21.4 Å². The van der Waals surface area contributed by atoms with Crippen molar-refractivity contribution in [2.45, 2.75) is 6.92 Å². The fourth-order valence-electron chi connectivity index (χ4n) is 1.94. The number of benzene rings is 1. The molecule has 0 radical (unpaired) electrons. The third-order valence-electron chi connectivity index (χ3n) is 3.06. The van der Waals surface area contributed by atoms with E-state index < -0.39 is 5.97 Å². The predicted octanol–water partition coefficient (Wildman–Crippen LogP) is 1.84. The number of aryl methyl sites for hydroxylation is 2. The minimum absolute atomic E-state index is 0.0644. The van der Waals surface area contributed by atoms with Crippen LogP contribution >= 0.6 is 0 Å². The van der Waals surface area contributed by atoms with E-state index in [9.17, 15) is 9.59 Å². The first kappa shape index (κ1) is 12.9. The molecule has 0 amide bonds. The lowest BCUT2D eigenvalue weighted by atomic mass is 10.0. The predicted molar refractivity (Wildman–Crippen MR) is 71.4 cm³/mol. The van der Waals surface area contributed by atoms with Crippen LogP contribution in [0.15, 0.2) is 30.5 Å². The van der Waals surface area contributed by atoms with Crippen molar-refractivity contribution < 1.29 is 14.7 Å². The number of aromatic nitrogens is 1. The van der Waals surface area contributed by atoms with Gasteiger partial charge in [-0.05, 0) is 24.6 Å². The molecule has 1 heterocycles. The maximum absolute atomic E-state index is 12.3. The van der Waals surface area contributed by atoms with Gasteiger partial charge in [-0.3, -0.25) is 4.79 Å². The highest BCUT2D eigenvalue weighted by molar-refractivity contribution is 6.13. The van der Waals surface area contributed by atoms with Gasteiger partial charge in [-0.1, -0.05) is 12.1 Å². The third kappa shape index (κ3) is 2.22. The normalized spacial score (nSPS) is 10.4. The molecule has 0 aliphatic heterocycles. The average molecular weight is 258 g/mol. The number of carbonyl (C=O) groups excluding carboxylic acids is 1. The quantitative estimate of drug-likeness (QED) is 0.649. The first-order valence-electron chi connectivity index (χ1n) is 5.71. The van der Waals surface area contributed by atoms with Crippen LogP contribution in [0.25, 0.3) is 0 Å². The number of nitrogens with zero attached hydrogens (tertiary/aromatic N) is 1. The lowest BCUT2D eigenvalue weighted by Gasteiger charge is -2.05. The molecule has 3 N–H and O–H groups in total. The van der Waals surface area contributed by atoms with Crippen LogP contribution in [0, 0.1) is 6.92 Å². The van der Waals surface area contributed by atoms with E-state index in [4.69, 9.17) is 10.8 Å². The molecule has 0 bridgehead atoms. The molecule has 98 valence electrons. The fourth-order valence-corrected chi connectivity index (χ4v) is 1.94. The van der Waals surface area contributed by atoms with Crippen LogP contribution in [-0.2, 0) is 7.05 Å². The highest BCUT2D eigenvalue weighted by Crippen LogP contribution is 2.21. The molecular weight excluding hydrogens is 244 g/mol. The van der Waals surface area contributed by atoms with Crippen molar-refractivity contribution in [1.29, 1.82) is 0 Å². The second kappa shape index (κ2) is 4.61. The topological polar surface area (TPSA) is 85.3 Å². The van der Waals surface area contributed by atoms with E-state index in [0.29, 0.717) is 16.8 Å². The number of aromatic carboxylic acids is 1. The number of para-hydroxylation sites is 1. The van der Waals surface area contributed by atoms with Crippen LogP contribution in [0.2, 0.25) is 0 Å². The summed E-state index contributed by atoms with van der Waals surface area (Å²) >= 11 is 0. The summed E-state index contributed by atoms with van der Waals surface area (Å²) in [5, 5.41) is 8.97. The summed E-state index contributed by atoms with van der Waals surface area (Å²) in [5.41, 5.74) is 7.90. The molecule has 0 saturated carbocycles. The molecule has 2 rings (SSSR count). The van der Waals surface area contributed by atoms with Gasteiger partial charge in [0.25, 0.3) is 0 Å². The van der Waals surface area contributed by atoms with Crippen LogP contribution < -0.4 is 5.73 Å². The second-order valence-corrected chi connectivity index (χ2v) is 4.40. The first-order chi connectivity index (χ1) is 8.91. The van der Waals surface area contributed by atoms with Gasteiger partial charge in [0.05, 0.1) is 0 Å². The molecule has 1 aromatic carbocycles. The molecular formula is C14H14N2O3. The lowest BCUT2D eigenvalue weighted by Crippen LogP contribution is -2.05. The van der Waals surface area contributed by atoms with Gasteiger partial charge < -0.3 is 15.4 Å². The SMILES string of the molecule is Cc1cccc(C(=O)c2cc(C(=O)O)n(C)c2)c1N. The summed E-state index contributed by atoms with van der Waals surface area (Å²) < 4.78 is 1.40. The Morgan fingerprint density at radius 2 is 2.00 bits per heavy atom. The number of carboxylic acids is 1. The number of carboxylic acid groups (broad SMARTS) is 1. The van der Waals surface area contributed by atoms with Crippen molar-refractivity contribution >= 4 is 17.4 Å². The minimum Gasteiger partial charge on any atom is -0.477 e. The highest BCUT2D eigenvalue weighted by Gasteiger charge is 2.18. The summed E-state index contributed by atoms with van der Waals surface area (Å²) in [4.78, 5) is 23.3. The summed E-state index contributed by atoms with van der Waals surface area (Å²) in [6, 6.07) is 6.56. The number of ketones is 1. The zero-order valence-electron chi connectivity index (χ0n) is 10.7. The van der Waals surface area contributed by atoms with Gasteiger partial charge in [0.1, 0.15) is 5.69 Å². The van der Waals surface area contributed by atoms with Gasteiger partial charge in [0, 0.05) is 30.1 Å². The van der Waals surface area contributed by atoms with Gasteiger partial charge in [-0.15, -0.1) is 0 Å². The maximum atomic E-state index is 12.3. The summed E-state index contributed by atoms with van der Waals surface area (Å²) in [5.74, 6) is -1.34. The van der Waals surface area contributed by atoms with E-state index in [2.05, 4.69) is 0 Å². The van der Waals surface area contributed by atoms with Crippen LogP contribution in [0.4, 0.5) is 5.69 Å². The Labute approximate surface area is 110 Å². The fraction of sp³-hybridized carbons (Fsp3) is 0.143. The van der Waals surface area contributed by atoms with Crippen molar-refractivity contribution in [2.75, 3.05) is 5.73 Å². The van der Waals surface area contributed by atoms with Crippen molar-refractivity contribution in [3.05, 3.63) is 52.8 Å². The van der Waals surface area contributed by atoms with E-state index in [1.54, 1.807) is 19.2 Å². The average Bonchev–Trinajstić information content (AvgIpc) is 2.74. The van der Waals surface area contributed by atoms with Crippen LogP contribution in [0.3, 0.4) is 0 Å². The Morgan fingerprint density at radius 1 is 1.32 bits per heavy atom. The Balaban J connectivity index is 2.48. The number of nitrogen functional groups attached to an aromatic ring is 1. The van der Waals surface area contributed by atoms with Crippen molar-refractivity contribution in [3.63, 3.8) is 0 Å². The molecule has 0 aliphatic carbocycles. The Bertz CT molecular complexity index is 671. The number of hydrogen-bond donors (Lipinski definition) is 2. The molecule has 0 saturated heterocycles. The molecule has 0 unspecified atom stereocenters. The number of nitrogens with two attached hydrogens (primary N) is 1. The Hall–Kier alpha value is -2.56. The van der Waals surface area contributed by atoms with Crippen LogP contribution in [0.1, 0.15) is 32.0 Å². The van der Waals surface area contributed by atoms with Gasteiger partial charge in [0.15, 0.2) is 5.78 Å². The van der Waals surface area contributed by atoms with Gasteiger partial charge >= 0.3 is 5.97 Å². The summed E-state index contributed by atoms with van der Waals surface area (Å²) in [6.45, 7) is 1.82. The van der Waals surface area contributed by atoms with Crippen molar-refractivity contribution in [2.24, 2.45) is 7.05 Å². The molecule has 5 nitrogen and oxygen atoms in total. The van der Waals surface area contributed by atoms with E-state index in [-0.39, 0.29) is 11.5 Å². The molecule has 0 atom stereocenters. The van der Waals surface area contributed by atoms with Crippen molar-refractivity contribution in [3.8, 4) is 0 Å². The van der Waals surface area contributed by atoms with Gasteiger partial charge in [-0.2, -0.15) is 0 Å². The van der Waals surface area contributed by atoms with Crippen LogP contribution in [0.5, 0.6) is 0 Å². The molecule has 19 heavy (non-hydrogen) atoms. The third-order valence-corrected chi connectivity index (χ3v) is 3.06. The minimum atomic E-state index is -1.07. The number of anilines is 1. The zero-order chi connectivity index (χ0) is 14.2. The smallest absolute Gasteiger partial charge is 0.352 e. The monoisotopic (exact) mass is 258 g/mol. The molecule has 0 spiro atoms.